The predicted molar refractivity (Wildman–Crippen MR) is 73.9 cm³/mol. The van der Waals surface area contributed by atoms with Crippen LogP contribution in [0.3, 0.4) is 0 Å². The first-order valence-electron chi connectivity index (χ1n) is 6.14. The van der Waals surface area contributed by atoms with E-state index in [0.717, 1.165) is 28.5 Å². The number of halogens is 1. The number of anilines is 1. The van der Waals surface area contributed by atoms with E-state index in [-0.39, 0.29) is 0 Å². The van der Waals surface area contributed by atoms with Crippen LogP contribution >= 0.6 is 15.9 Å². The minimum atomic E-state index is 0.685. The van der Waals surface area contributed by atoms with Gasteiger partial charge in [0.2, 0.25) is 0 Å². The van der Waals surface area contributed by atoms with Crippen LogP contribution in [-0.2, 0) is 0 Å². The smallest absolute Gasteiger partial charge is 0.100 e. The molecule has 2 unspecified atom stereocenters. The molecule has 2 atom stereocenters. The summed E-state index contributed by atoms with van der Waals surface area (Å²) < 4.78 is 0.865. The predicted octanol–water partition coefficient (Wildman–Crippen LogP) is 4.17. The Bertz CT molecular complexity index is 436. The van der Waals surface area contributed by atoms with Gasteiger partial charge in [0.1, 0.15) is 6.07 Å². The third-order valence-corrected chi connectivity index (χ3v) is 4.35. The highest BCUT2D eigenvalue weighted by atomic mass is 79.9. The van der Waals surface area contributed by atoms with Crippen molar-refractivity contribution in [1.29, 1.82) is 5.26 Å². The third-order valence-electron chi connectivity index (χ3n) is 3.70. The summed E-state index contributed by atoms with van der Waals surface area (Å²) >= 11 is 3.41. The fraction of sp³-hybridized carbons (Fsp3) is 0.500. The van der Waals surface area contributed by atoms with Crippen LogP contribution in [0.1, 0.15) is 31.7 Å². The molecule has 0 heterocycles. The first-order valence-corrected chi connectivity index (χ1v) is 6.93. The van der Waals surface area contributed by atoms with Crippen LogP contribution in [0.25, 0.3) is 0 Å². The lowest BCUT2D eigenvalue weighted by Gasteiger charge is -2.17. The third kappa shape index (κ3) is 3.01. The average molecular weight is 293 g/mol. The summed E-state index contributed by atoms with van der Waals surface area (Å²) in [6.45, 7) is 3.38. The second kappa shape index (κ2) is 5.55. The molecular weight excluding hydrogens is 276 g/mol. The lowest BCUT2D eigenvalue weighted by Crippen LogP contribution is -2.16. The average Bonchev–Trinajstić information content (AvgIpc) is 2.72. The monoisotopic (exact) mass is 292 g/mol. The Balaban J connectivity index is 1.95. The van der Waals surface area contributed by atoms with E-state index in [1.54, 1.807) is 0 Å². The minimum absolute atomic E-state index is 0.685. The molecule has 0 saturated heterocycles. The zero-order valence-corrected chi connectivity index (χ0v) is 11.6. The van der Waals surface area contributed by atoms with Crippen molar-refractivity contribution in [1.82, 2.24) is 0 Å². The van der Waals surface area contributed by atoms with E-state index in [1.807, 2.05) is 18.2 Å². The van der Waals surface area contributed by atoms with Gasteiger partial charge in [0.25, 0.3) is 0 Å². The van der Waals surface area contributed by atoms with Gasteiger partial charge in [0.05, 0.1) is 5.56 Å². The SMILES string of the molecule is CC1CCCC1CNc1ccc(C#N)c(Br)c1. The topological polar surface area (TPSA) is 35.8 Å². The van der Waals surface area contributed by atoms with Crippen molar-refractivity contribution in [2.75, 3.05) is 11.9 Å². The number of nitrogens with zero attached hydrogens (tertiary/aromatic N) is 1. The molecule has 90 valence electrons. The van der Waals surface area contributed by atoms with Crippen LogP contribution in [0.5, 0.6) is 0 Å². The van der Waals surface area contributed by atoms with Crippen molar-refractivity contribution >= 4 is 21.6 Å². The Morgan fingerprint density at radius 3 is 2.88 bits per heavy atom. The van der Waals surface area contributed by atoms with Crippen LogP contribution in [0.2, 0.25) is 0 Å². The van der Waals surface area contributed by atoms with E-state index >= 15 is 0 Å². The summed E-state index contributed by atoms with van der Waals surface area (Å²) in [6, 6.07) is 7.96. The van der Waals surface area contributed by atoms with Gasteiger partial charge in [-0.15, -0.1) is 0 Å². The van der Waals surface area contributed by atoms with E-state index in [0.29, 0.717) is 5.56 Å². The lowest BCUT2D eigenvalue weighted by atomic mass is 9.98. The van der Waals surface area contributed by atoms with Gasteiger partial charge in [-0.1, -0.05) is 19.8 Å². The maximum Gasteiger partial charge on any atom is 0.100 e. The van der Waals surface area contributed by atoms with Crippen molar-refractivity contribution in [2.24, 2.45) is 11.8 Å². The van der Waals surface area contributed by atoms with Crippen molar-refractivity contribution in [3.63, 3.8) is 0 Å². The highest BCUT2D eigenvalue weighted by molar-refractivity contribution is 9.10. The molecule has 0 aliphatic heterocycles. The van der Waals surface area contributed by atoms with Gasteiger partial charge >= 0.3 is 0 Å². The van der Waals surface area contributed by atoms with Crippen molar-refractivity contribution in [2.45, 2.75) is 26.2 Å². The molecular formula is C14H17BrN2. The Morgan fingerprint density at radius 1 is 1.47 bits per heavy atom. The molecule has 0 spiro atoms. The summed E-state index contributed by atoms with van der Waals surface area (Å²) in [5.41, 5.74) is 1.78. The Kier molecular flexibility index (Phi) is 4.06. The van der Waals surface area contributed by atoms with Crippen LogP contribution in [-0.4, -0.2) is 6.54 Å². The molecule has 0 aromatic heterocycles. The number of nitrogens with one attached hydrogen (secondary N) is 1. The molecule has 0 bridgehead atoms. The standard InChI is InChI=1S/C14H17BrN2/c1-10-3-2-4-12(10)9-17-13-6-5-11(8-16)14(15)7-13/h5-7,10,12,17H,2-4,9H2,1H3. The van der Waals surface area contributed by atoms with E-state index < -0.39 is 0 Å². The van der Waals surface area contributed by atoms with Gasteiger partial charge in [-0.05, 0) is 52.4 Å². The quantitative estimate of drug-likeness (QED) is 0.908. The molecule has 0 radical (unpaired) electrons. The summed E-state index contributed by atoms with van der Waals surface area (Å²) in [5, 5.41) is 12.3. The van der Waals surface area contributed by atoms with E-state index in [4.69, 9.17) is 5.26 Å². The Hall–Kier alpha value is -1.01. The highest BCUT2D eigenvalue weighted by Gasteiger charge is 2.22. The molecule has 1 aromatic carbocycles. The van der Waals surface area contributed by atoms with E-state index in [1.165, 1.54) is 19.3 Å². The normalized spacial score (nSPS) is 23.4. The summed E-state index contributed by atoms with van der Waals surface area (Å²) in [4.78, 5) is 0. The molecule has 1 aliphatic rings. The van der Waals surface area contributed by atoms with Crippen LogP contribution in [0.15, 0.2) is 22.7 Å². The van der Waals surface area contributed by atoms with Gasteiger partial charge < -0.3 is 5.32 Å². The molecule has 2 nitrogen and oxygen atoms in total. The van der Waals surface area contributed by atoms with Gasteiger partial charge in [-0.25, -0.2) is 0 Å². The largest absolute Gasteiger partial charge is 0.385 e. The molecule has 2 rings (SSSR count). The Labute approximate surface area is 111 Å². The molecule has 1 fully saturated rings. The second-order valence-electron chi connectivity index (χ2n) is 4.86. The maximum atomic E-state index is 8.85. The number of nitriles is 1. The molecule has 3 heteroatoms. The molecule has 17 heavy (non-hydrogen) atoms. The van der Waals surface area contributed by atoms with Crippen molar-refractivity contribution in [3.05, 3.63) is 28.2 Å². The zero-order chi connectivity index (χ0) is 12.3. The summed E-state index contributed by atoms with van der Waals surface area (Å²) in [6.07, 6.45) is 4.07. The first kappa shape index (κ1) is 12.4. The Morgan fingerprint density at radius 2 is 2.29 bits per heavy atom. The molecule has 1 N–H and O–H groups in total. The van der Waals surface area contributed by atoms with Gasteiger partial charge in [0.15, 0.2) is 0 Å². The second-order valence-corrected chi connectivity index (χ2v) is 5.71. The lowest BCUT2D eigenvalue weighted by molar-refractivity contribution is 0.439. The number of hydrogen-bond donors (Lipinski definition) is 1. The van der Waals surface area contributed by atoms with Crippen molar-refractivity contribution < 1.29 is 0 Å². The van der Waals surface area contributed by atoms with Crippen molar-refractivity contribution in [3.8, 4) is 6.07 Å². The molecule has 1 aliphatic carbocycles. The summed E-state index contributed by atoms with van der Waals surface area (Å²) in [7, 11) is 0. The number of benzene rings is 1. The first-order chi connectivity index (χ1) is 8.20. The maximum absolute atomic E-state index is 8.85. The zero-order valence-electron chi connectivity index (χ0n) is 10.0. The highest BCUT2D eigenvalue weighted by Crippen LogP contribution is 2.31. The summed E-state index contributed by atoms with van der Waals surface area (Å²) in [5.74, 6) is 1.63. The van der Waals surface area contributed by atoms with Crippen LogP contribution in [0, 0.1) is 23.2 Å². The molecule has 1 aromatic rings. The van der Waals surface area contributed by atoms with Gasteiger partial charge in [-0.2, -0.15) is 5.26 Å². The van der Waals surface area contributed by atoms with E-state index in [9.17, 15) is 0 Å². The van der Waals surface area contributed by atoms with Gasteiger partial charge in [0, 0.05) is 16.7 Å². The molecule has 1 saturated carbocycles. The van der Waals surface area contributed by atoms with E-state index in [2.05, 4.69) is 34.2 Å². The fourth-order valence-corrected chi connectivity index (χ4v) is 2.96. The van der Waals surface area contributed by atoms with Gasteiger partial charge in [-0.3, -0.25) is 0 Å². The van der Waals surface area contributed by atoms with Crippen LogP contribution in [0.4, 0.5) is 5.69 Å². The number of rotatable bonds is 3. The van der Waals surface area contributed by atoms with Crippen LogP contribution < -0.4 is 5.32 Å². The fourth-order valence-electron chi connectivity index (χ4n) is 2.49. The minimum Gasteiger partial charge on any atom is -0.385 e. The number of hydrogen-bond acceptors (Lipinski definition) is 2. The molecule has 0 amide bonds.